The molecule has 2 nitrogen and oxygen atoms in total. The minimum atomic E-state index is 0.936. The smallest absolute Gasteiger partial charge is 0.0454 e. The van der Waals surface area contributed by atoms with Crippen LogP contribution in [0.15, 0.2) is 11.8 Å². The summed E-state index contributed by atoms with van der Waals surface area (Å²) in [6, 6.07) is 0. The van der Waals surface area contributed by atoms with Crippen LogP contribution in [0.3, 0.4) is 0 Å². The fourth-order valence-corrected chi connectivity index (χ4v) is 0.987. The fraction of sp³-hybridized carbons (Fsp3) is 0.714. The molecular formula is C7H18N2Si. The molecule has 3 heteroatoms. The third-order valence-electron chi connectivity index (χ3n) is 1.22. The van der Waals surface area contributed by atoms with E-state index in [1.54, 1.807) is 0 Å². The fourth-order valence-electron chi connectivity index (χ4n) is 0.654. The van der Waals surface area contributed by atoms with Gasteiger partial charge in [-0.25, -0.2) is 0 Å². The van der Waals surface area contributed by atoms with Crippen molar-refractivity contribution in [1.29, 1.82) is 0 Å². The van der Waals surface area contributed by atoms with E-state index in [0.29, 0.717) is 0 Å². The average Bonchev–Trinajstić information content (AvgIpc) is 1.97. The maximum Gasteiger partial charge on any atom is 0.0454 e. The Morgan fingerprint density at radius 1 is 1.40 bits per heavy atom. The Kier molecular flexibility index (Phi) is 8.77. The molecule has 0 aliphatic heterocycles. The first-order valence-corrected chi connectivity index (χ1v) is 5.09. The van der Waals surface area contributed by atoms with Crippen molar-refractivity contribution in [1.82, 2.24) is 10.6 Å². The van der Waals surface area contributed by atoms with Crippen molar-refractivity contribution in [2.45, 2.75) is 13.3 Å². The van der Waals surface area contributed by atoms with Gasteiger partial charge in [-0.3, -0.25) is 0 Å². The Hall–Kier alpha value is -0.123. The maximum atomic E-state index is 3.27. The first-order valence-electron chi connectivity index (χ1n) is 3.94. The predicted octanol–water partition coefficient (Wildman–Crippen LogP) is -0.588. The Labute approximate surface area is 66.5 Å². The summed E-state index contributed by atoms with van der Waals surface area (Å²) >= 11 is 0. The molecule has 0 spiro atoms. The van der Waals surface area contributed by atoms with Crippen LogP contribution in [0.2, 0.25) is 0 Å². The van der Waals surface area contributed by atoms with E-state index < -0.39 is 0 Å². The molecule has 0 amide bonds. The van der Waals surface area contributed by atoms with Gasteiger partial charge in [0.2, 0.25) is 0 Å². The van der Waals surface area contributed by atoms with Gasteiger partial charge in [0.25, 0.3) is 0 Å². The van der Waals surface area contributed by atoms with Crippen molar-refractivity contribution >= 4 is 10.2 Å². The van der Waals surface area contributed by atoms with Gasteiger partial charge >= 0.3 is 0 Å². The van der Waals surface area contributed by atoms with Gasteiger partial charge in [-0.15, -0.1) is 5.70 Å². The molecule has 0 aromatic heterocycles. The molecule has 0 bridgehead atoms. The highest BCUT2D eigenvalue weighted by atomic mass is 28.1. The summed E-state index contributed by atoms with van der Waals surface area (Å²) in [5.41, 5.74) is 2.22. The molecule has 2 N–H and O–H groups in total. The van der Waals surface area contributed by atoms with Gasteiger partial charge in [-0.1, -0.05) is 13.0 Å². The zero-order valence-electron chi connectivity index (χ0n) is 6.98. The average molecular weight is 158 g/mol. The third kappa shape index (κ3) is 7.88. The molecule has 0 unspecified atom stereocenters. The molecule has 0 fully saturated rings. The lowest BCUT2D eigenvalue weighted by Gasteiger charge is -2.01. The van der Waals surface area contributed by atoms with E-state index in [9.17, 15) is 0 Å². The SMILES string of the molecule is CCNCNCCC=C[SiH3]. The van der Waals surface area contributed by atoms with E-state index in [1.165, 1.54) is 10.2 Å². The van der Waals surface area contributed by atoms with Gasteiger partial charge in [0, 0.05) is 16.9 Å². The molecule has 0 aliphatic rings. The third-order valence-corrected chi connectivity index (χ3v) is 1.69. The molecule has 0 atom stereocenters. The summed E-state index contributed by atoms with van der Waals surface area (Å²) in [5.74, 6) is 0. The highest BCUT2D eigenvalue weighted by Gasteiger charge is 1.80. The van der Waals surface area contributed by atoms with E-state index in [1.807, 2.05) is 0 Å². The van der Waals surface area contributed by atoms with E-state index in [4.69, 9.17) is 0 Å². The molecule has 0 saturated carbocycles. The van der Waals surface area contributed by atoms with E-state index in [-0.39, 0.29) is 0 Å². The quantitative estimate of drug-likeness (QED) is 0.307. The van der Waals surface area contributed by atoms with Crippen LogP contribution in [0, 0.1) is 0 Å². The normalized spacial score (nSPS) is 11.3. The first-order chi connectivity index (χ1) is 4.91. The summed E-state index contributed by atoms with van der Waals surface area (Å²) in [6.07, 6.45) is 3.39. The highest BCUT2D eigenvalue weighted by molar-refractivity contribution is 6.16. The van der Waals surface area contributed by atoms with Crippen molar-refractivity contribution < 1.29 is 0 Å². The van der Waals surface area contributed by atoms with Crippen LogP contribution in [-0.2, 0) is 0 Å². The van der Waals surface area contributed by atoms with Crippen LogP contribution in [-0.4, -0.2) is 30.0 Å². The number of hydrogen-bond acceptors (Lipinski definition) is 2. The molecule has 0 aliphatic carbocycles. The second-order valence-electron chi connectivity index (χ2n) is 2.14. The zero-order chi connectivity index (χ0) is 7.66. The maximum absolute atomic E-state index is 3.27. The lowest BCUT2D eigenvalue weighted by molar-refractivity contribution is 0.603. The molecule has 0 aromatic carbocycles. The Balaban J connectivity index is 2.77. The summed E-state index contributed by atoms with van der Waals surface area (Å²) in [6.45, 7) is 5.18. The number of rotatable bonds is 6. The molecule has 0 saturated heterocycles. The Bertz CT molecular complexity index is 83.7. The van der Waals surface area contributed by atoms with Gasteiger partial charge in [-0.05, 0) is 19.5 Å². The highest BCUT2D eigenvalue weighted by Crippen LogP contribution is 1.75. The molecule has 60 valence electrons. The van der Waals surface area contributed by atoms with Crippen LogP contribution in [0.4, 0.5) is 0 Å². The first kappa shape index (κ1) is 9.88. The minimum absolute atomic E-state index is 0.936. The molecule has 0 aromatic rings. The molecule has 0 heterocycles. The van der Waals surface area contributed by atoms with Crippen LogP contribution < -0.4 is 10.6 Å². The van der Waals surface area contributed by atoms with Crippen LogP contribution >= 0.6 is 0 Å². The van der Waals surface area contributed by atoms with Crippen molar-refractivity contribution in [2.24, 2.45) is 0 Å². The Morgan fingerprint density at radius 2 is 2.20 bits per heavy atom. The molecule has 0 rings (SSSR count). The van der Waals surface area contributed by atoms with Crippen LogP contribution in [0.5, 0.6) is 0 Å². The van der Waals surface area contributed by atoms with Crippen molar-refractivity contribution in [2.75, 3.05) is 19.8 Å². The second-order valence-corrected chi connectivity index (χ2v) is 2.80. The van der Waals surface area contributed by atoms with E-state index in [2.05, 4.69) is 29.3 Å². The minimum Gasteiger partial charge on any atom is -0.305 e. The van der Waals surface area contributed by atoms with Gasteiger partial charge in [0.1, 0.15) is 0 Å². The van der Waals surface area contributed by atoms with Gasteiger partial charge < -0.3 is 10.6 Å². The Morgan fingerprint density at radius 3 is 2.80 bits per heavy atom. The molecular weight excluding hydrogens is 140 g/mol. The lowest BCUT2D eigenvalue weighted by atomic mass is 10.4. The largest absolute Gasteiger partial charge is 0.305 e. The summed E-state index contributed by atoms with van der Waals surface area (Å²) < 4.78 is 0. The molecule has 10 heavy (non-hydrogen) atoms. The van der Waals surface area contributed by atoms with E-state index >= 15 is 0 Å². The summed E-state index contributed by atoms with van der Waals surface area (Å²) in [5, 5.41) is 6.47. The second kappa shape index (κ2) is 8.88. The monoisotopic (exact) mass is 158 g/mol. The standard InChI is InChI=1S/C7H18N2Si/c1-2-8-7-9-5-3-4-6-10/h4,6,8-9H,2-3,5,7H2,1,10H3. The summed E-state index contributed by atoms with van der Waals surface area (Å²) in [7, 11) is 1.18. The van der Waals surface area contributed by atoms with Gasteiger partial charge in [0.15, 0.2) is 0 Å². The number of hydrogen-bond donors (Lipinski definition) is 2. The summed E-state index contributed by atoms with van der Waals surface area (Å²) in [4.78, 5) is 0. The van der Waals surface area contributed by atoms with Crippen molar-refractivity contribution in [3.8, 4) is 0 Å². The van der Waals surface area contributed by atoms with E-state index in [0.717, 1.165) is 26.2 Å². The molecule has 0 radical (unpaired) electrons. The van der Waals surface area contributed by atoms with Crippen LogP contribution in [0.25, 0.3) is 0 Å². The van der Waals surface area contributed by atoms with Gasteiger partial charge in [0.05, 0.1) is 0 Å². The van der Waals surface area contributed by atoms with Gasteiger partial charge in [-0.2, -0.15) is 0 Å². The lowest BCUT2D eigenvalue weighted by Crippen LogP contribution is -2.29. The van der Waals surface area contributed by atoms with Crippen molar-refractivity contribution in [3.63, 3.8) is 0 Å². The zero-order valence-corrected chi connectivity index (χ0v) is 8.98. The number of nitrogens with one attached hydrogen (secondary N) is 2. The predicted molar refractivity (Wildman–Crippen MR) is 50.2 cm³/mol. The topological polar surface area (TPSA) is 24.1 Å². The van der Waals surface area contributed by atoms with Crippen LogP contribution in [0.1, 0.15) is 13.3 Å². The van der Waals surface area contributed by atoms with Crippen molar-refractivity contribution in [3.05, 3.63) is 11.8 Å².